The maximum absolute atomic E-state index is 11.5. The van der Waals surface area contributed by atoms with Crippen LogP contribution in [-0.2, 0) is 4.79 Å². The third kappa shape index (κ3) is 3.82. The van der Waals surface area contributed by atoms with Crippen LogP contribution in [0.5, 0.6) is 5.75 Å². The second-order valence-corrected chi connectivity index (χ2v) is 6.56. The number of benzene rings is 2. The van der Waals surface area contributed by atoms with E-state index in [9.17, 15) is 4.79 Å². The van der Waals surface area contributed by atoms with Crippen molar-refractivity contribution in [2.24, 2.45) is 16.0 Å². The van der Waals surface area contributed by atoms with Crippen LogP contribution in [0.1, 0.15) is 37.0 Å². The molecule has 1 aliphatic heterocycles. The monoisotopic (exact) mass is 349 g/mol. The highest BCUT2D eigenvalue weighted by Gasteiger charge is 2.21. The molecule has 2 aromatic rings. The predicted molar refractivity (Wildman–Crippen MR) is 105 cm³/mol. The van der Waals surface area contributed by atoms with E-state index in [-0.39, 0.29) is 11.8 Å². The van der Waals surface area contributed by atoms with Crippen molar-refractivity contribution < 1.29 is 9.53 Å². The standard InChI is InChI=1S/C21H23N3O2/c1-13-5-6-17(21-14(2)11-20(25)23-24-21)12-19(13)22-15(3)16-7-9-18(26-4)10-8-16/h5-10,12,14H,11H2,1-4H3,(H,23,25)/b22-15+. The lowest BCUT2D eigenvalue weighted by Crippen LogP contribution is -2.31. The number of aliphatic imine (C=N–C) groups is 1. The number of methoxy groups -OCH3 is 1. The number of hydrazone groups is 1. The van der Waals surface area contributed by atoms with Gasteiger partial charge in [0.15, 0.2) is 0 Å². The van der Waals surface area contributed by atoms with Crippen LogP contribution in [-0.4, -0.2) is 24.4 Å². The van der Waals surface area contributed by atoms with Gasteiger partial charge >= 0.3 is 0 Å². The van der Waals surface area contributed by atoms with Crippen molar-refractivity contribution in [3.8, 4) is 5.75 Å². The Morgan fingerprint density at radius 3 is 2.62 bits per heavy atom. The van der Waals surface area contributed by atoms with Crippen molar-refractivity contribution in [3.63, 3.8) is 0 Å². The van der Waals surface area contributed by atoms with Gasteiger partial charge in [-0.15, -0.1) is 0 Å². The van der Waals surface area contributed by atoms with E-state index in [0.29, 0.717) is 6.42 Å². The molecule has 0 saturated heterocycles. The first-order valence-corrected chi connectivity index (χ1v) is 8.65. The molecule has 1 amide bonds. The highest BCUT2D eigenvalue weighted by Crippen LogP contribution is 2.25. The van der Waals surface area contributed by atoms with Crippen molar-refractivity contribution in [1.29, 1.82) is 0 Å². The molecule has 5 heteroatoms. The van der Waals surface area contributed by atoms with Crippen LogP contribution in [0.3, 0.4) is 0 Å². The zero-order valence-electron chi connectivity index (χ0n) is 15.5. The zero-order chi connectivity index (χ0) is 18.7. The molecule has 0 radical (unpaired) electrons. The third-order valence-corrected chi connectivity index (χ3v) is 4.56. The molecule has 0 saturated carbocycles. The molecule has 5 nitrogen and oxygen atoms in total. The van der Waals surface area contributed by atoms with Crippen molar-refractivity contribution >= 4 is 23.0 Å². The molecule has 0 bridgehead atoms. The summed E-state index contributed by atoms with van der Waals surface area (Å²) in [5.74, 6) is 0.874. The average Bonchev–Trinajstić information content (AvgIpc) is 2.64. The minimum Gasteiger partial charge on any atom is -0.497 e. The summed E-state index contributed by atoms with van der Waals surface area (Å²) in [6, 6.07) is 14.0. The SMILES string of the molecule is COc1ccc(/C(C)=N/c2cc(C3=NNC(=O)CC3C)ccc2C)cc1. The Hall–Kier alpha value is -2.95. The van der Waals surface area contributed by atoms with Gasteiger partial charge in [-0.05, 0) is 55.3 Å². The Morgan fingerprint density at radius 1 is 1.23 bits per heavy atom. The fourth-order valence-electron chi connectivity index (χ4n) is 2.97. The van der Waals surface area contributed by atoms with Gasteiger partial charge in [0.05, 0.1) is 18.5 Å². The molecular weight excluding hydrogens is 326 g/mol. The molecule has 1 N–H and O–H groups in total. The normalized spacial score (nSPS) is 17.5. The molecule has 26 heavy (non-hydrogen) atoms. The van der Waals surface area contributed by atoms with Crippen LogP contribution in [0.4, 0.5) is 5.69 Å². The first-order chi connectivity index (χ1) is 12.5. The lowest BCUT2D eigenvalue weighted by atomic mass is 9.93. The van der Waals surface area contributed by atoms with Crippen molar-refractivity contribution in [1.82, 2.24) is 5.43 Å². The summed E-state index contributed by atoms with van der Waals surface area (Å²) in [4.78, 5) is 16.3. The Bertz CT molecular complexity index is 883. The number of hydrogen-bond acceptors (Lipinski definition) is 4. The van der Waals surface area contributed by atoms with Crippen LogP contribution in [0, 0.1) is 12.8 Å². The van der Waals surface area contributed by atoms with Gasteiger partial charge in [-0.3, -0.25) is 9.79 Å². The molecule has 0 aliphatic carbocycles. The summed E-state index contributed by atoms with van der Waals surface area (Å²) in [6.07, 6.45) is 0.455. The van der Waals surface area contributed by atoms with E-state index in [1.165, 1.54) is 0 Å². The van der Waals surface area contributed by atoms with Gasteiger partial charge in [0.1, 0.15) is 5.75 Å². The molecule has 1 atom stereocenters. The van der Waals surface area contributed by atoms with Gasteiger partial charge in [0.25, 0.3) is 0 Å². The van der Waals surface area contributed by atoms with Crippen LogP contribution in [0.15, 0.2) is 52.6 Å². The number of aryl methyl sites for hydroxylation is 1. The number of carbonyl (C=O) groups is 1. The minimum absolute atomic E-state index is 0.0399. The highest BCUT2D eigenvalue weighted by molar-refractivity contribution is 6.06. The summed E-state index contributed by atoms with van der Waals surface area (Å²) in [5, 5.41) is 4.24. The molecular formula is C21H23N3O2. The molecule has 1 aliphatic rings. The number of hydrogen-bond donors (Lipinski definition) is 1. The van der Waals surface area contributed by atoms with E-state index in [4.69, 9.17) is 9.73 Å². The molecule has 1 heterocycles. The molecule has 3 rings (SSSR count). The van der Waals surface area contributed by atoms with Gasteiger partial charge < -0.3 is 4.74 Å². The van der Waals surface area contributed by atoms with Gasteiger partial charge in [0, 0.05) is 23.6 Å². The Balaban J connectivity index is 1.93. The van der Waals surface area contributed by atoms with Crippen molar-refractivity contribution in [3.05, 3.63) is 59.2 Å². The van der Waals surface area contributed by atoms with Crippen LogP contribution >= 0.6 is 0 Å². The number of carbonyl (C=O) groups excluding carboxylic acids is 1. The number of nitrogens with zero attached hydrogens (tertiary/aromatic N) is 2. The largest absolute Gasteiger partial charge is 0.497 e. The fraction of sp³-hybridized carbons (Fsp3) is 0.286. The van der Waals surface area contributed by atoms with E-state index < -0.39 is 0 Å². The van der Waals surface area contributed by atoms with E-state index in [0.717, 1.165) is 39.6 Å². The molecule has 0 fully saturated rings. The summed E-state index contributed by atoms with van der Waals surface area (Å²) in [7, 11) is 1.65. The third-order valence-electron chi connectivity index (χ3n) is 4.56. The Labute approximate surface area is 153 Å². The topological polar surface area (TPSA) is 63.1 Å². The molecule has 2 aromatic carbocycles. The molecule has 0 spiro atoms. The van der Waals surface area contributed by atoms with Gasteiger partial charge in [-0.2, -0.15) is 5.10 Å². The van der Waals surface area contributed by atoms with Crippen molar-refractivity contribution in [2.75, 3.05) is 7.11 Å². The first-order valence-electron chi connectivity index (χ1n) is 8.65. The first kappa shape index (κ1) is 17.9. The summed E-state index contributed by atoms with van der Waals surface area (Å²) < 4.78 is 5.20. The Kier molecular flexibility index (Phi) is 5.16. The summed E-state index contributed by atoms with van der Waals surface area (Å²) in [5.41, 5.74) is 8.43. The zero-order valence-corrected chi connectivity index (χ0v) is 15.5. The van der Waals surface area contributed by atoms with E-state index >= 15 is 0 Å². The van der Waals surface area contributed by atoms with Gasteiger partial charge in [0.2, 0.25) is 5.91 Å². The lowest BCUT2D eigenvalue weighted by molar-refractivity contribution is -0.121. The van der Waals surface area contributed by atoms with E-state index in [2.05, 4.69) is 10.5 Å². The maximum atomic E-state index is 11.5. The molecule has 134 valence electrons. The number of nitrogens with one attached hydrogen (secondary N) is 1. The van der Waals surface area contributed by atoms with Gasteiger partial charge in [-0.1, -0.05) is 19.1 Å². The van der Waals surface area contributed by atoms with E-state index in [1.54, 1.807) is 7.11 Å². The quantitative estimate of drug-likeness (QED) is 0.848. The summed E-state index contributed by atoms with van der Waals surface area (Å²) >= 11 is 0. The van der Waals surface area contributed by atoms with Gasteiger partial charge in [-0.25, -0.2) is 5.43 Å². The van der Waals surface area contributed by atoms with E-state index in [1.807, 2.05) is 63.2 Å². The maximum Gasteiger partial charge on any atom is 0.240 e. The second kappa shape index (κ2) is 7.52. The summed E-state index contributed by atoms with van der Waals surface area (Å²) in [6.45, 7) is 6.05. The molecule has 1 unspecified atom stereocenters. The van der Waals surface area contributed by atoms with Crippen LogP contribution < -0.4 is 10.2 Å². The average molecular weight is 349 g/mol. The number of amides is 1. The number of ether oxygens (including phenoxy) is 1. The number of rotatable bonds is 4. The Morgan fingerprint density at radius 2 is 1.96 bits per heavy atom. The smallest absolute Gasteiger partial charge is 0.240 e. The highest BCUT2D eigenvalue weighted by atomic mass is 16.5. The van der Waals surface area contributed by atoms with Crippen LogP contribution in [0.25, 0.3) is 0 Å². The second-order valence-electron chi connectivity index (χ2n) is 6.56. The molecule has 0 aromatic heterocycles. The van der Waals surface area contributed by atoms with Crippen LogP contribution in [0.2, 0.25) is 0 Å². The lowest BCUT2D eigenvalue weighted by Gasteiger charge is -2.19. The minimum atomic E-state index is -0.0399. The predicted octanol–water partition coefficient (Wildman–Crippen LogP) is 4.00. The van der Waals surface area contributed by atoms with Crippen molar-refractivity contribution in [2.45, 2.75) is 27.2 Å². The fourth-order valence-corrected chi connectivity index (χ4v) is 2.97.